The minimum Gasteiger partial charge on any atom is -0.370 e. The normalized spacial score (nSPS) is 22.7. The second-order valence-electron chi connectivity index (χ2n) is 5.46. The van der Waals surface area contributed by atoms with Crippen molar-refractivity contribution in [2.45, 2.75) is 51.1 Å². The lowest BCUT2D eigenvalue weighted by atomic mass is 10.1. The number of ketones is 1. The molecule has 1 fully saturated rings. The van der Waals surface area contributed by atoms with Crippen LogP contribution in [0.4, 0.5) is 13.2 Å². The molecule has 0 saturated carbocycles. The van der Waals surface area contributed by atoms with Crippen LogP contribution in [0.3, 0.4) is 0 Å². The first-order chi connectivity index (χ1) is 8.67. The molecule has 19 heavy (non-hydrogen) atoms. The molecule has 0 amide bonds. The summed E-state index contributed by atoms with van der Waals surface area (Å²) < 4.78 is 44.1. The lowest BCUT2D eigenvalue weighted by Gasteiger charge is -2.19. The molecular formula is C13H16F3NO2. The number of Topliss-reactive ketones (excluding diaryl/α,β-unsaturated/α-hetero) is 1. The molecule has 1 aliphatic heterocycles. The Bertz CT molecular complexity index is 476. The van der Waals surface area contributed by atoms with Crippen LogP contribution in [0, 0.1) is 0 Å². The largest absolute Gasteiger partial charge is 0.454 e. The zero-order chi connectivity index (χ0) is 14.3. The Labute approximate surface area is 109 Å². The van der Waals surface area contributed by atoms with E-state index in [0.29, 0.717) is 6.54 Å². The number of nitrogens with zero attached hydrogens (tertiary/aromatic N) is 1. The molecule has 0 bridgehead atoms. The number of carbonyl (C=O) groups is 1. The van der Waals surface area contributed by atoms with Gasteiger partial charge >= 0.3 is 6.18 Å². The van der Waals surface area contributed by atoms with Gasteiger partial charge in [-0.25, -0.2) is 0 Å². The minimum absolute atomic E-state index is 0.0174. The molecule has 0 spiro atoms. The molecule has 106 valence electrons. The van der Waals surface area contributed by atoms with Gasteiger partial charge in [0.1, 0.15) is 0 Å². The van der Waals surface area contributed by atoms with Gasteiger partial charge in [-0.15, -0.1) is 0 Å². The van der Waals surface area contributed by atoms with Crippen LogP contribution in [0.25, 0.3) is 0 Å². The summed E-state index contributed by atoms with van der Waals surface area (Å²) in [7, 11) is 0. The number of rotatable bonds is 3. The van der Waals surface area contributed by atoms with Crippen LogP contribution in [0.1, 0.15) is 37.0 Å². The number of carbonyl (C=O) groups excluding carboxylic acids is 1. The minimum atomic E-state index is -4.82. The molecule has 3 nitrogen and oxygen atoms in total. The lowest BCUT2D eigenvalue weighted by molar-refractivity contribution is -0.0885. The van der Waals surface area contributed by atoms with Crippen molar-refractivity contribution in [2.24, 2.45) is 0 Å². The third-order valence-corrected chi connectivity index (χ3v) is 3.24. The van der Waals surface area contributed by atoms with Gasteiger partial charge in [0, 0.05) is 24.5 Å². The third kappa shape index (κ3) is 3.37. The summed E-state index contributed by atoms with van der Waals surface area (Å²) in [6.07, 6.45) is -0.340. The first-order valence-corrected chi connectivity index (χ1v) is 6.12. The van der Waals surface area contributed by atoms with E-state index in [1.807, 2.05) is 13.8 Å². The highest BCUT2D eigenvalue weighted by atomic mass is 19.4. The topological polar surface area (TPSA) is 31.2 Å². The van der Waals surface area contributed by atoms with Crippen molar-refractivity contribution in [1.82, 2.24) is 4.57 Å². The molecule has 0 aromatic carbocycles. The number of aromatic nitrogens is 1. The summed E-state index contributed by atoms with van der Waals surface area (Å²) in [5, 5.41) is 0. The molecule has 1 atom stereocenters. The highest BCUT2D eigenvalue weighted by Crippen LogP contribution is 2.30. The lowest BCUT2D eigenvalue weighted by Crippen LogP contribution is -2.23. The van der Waals surface area contributed by atoms with E-state index < -0.39 is 12.0 Å². The second-order valence-corrected chi connectivity index (χ2v) is 5.46. The highest BCUT2D eigenvalue weighted by molar-refractivity contribution is 6.00. The molecule has 6 heteroatoms. The Morgan fingerprint density at radius 1 is 1.53 bits per heavy atom. The first kappa shape index (κ1) is 14.1. The SMILES string of the molecule is CC1(C)CCC(Cn2ccc(C(=O)C(F)(F)F)c2)O1. The van der Waals surface area contributed by atoms with E-state index >= 15 is 0 Å². The quantitative estimate of drug-likeness (QED) is 0.793. The maximum atomic E-state index is 12.3. The van der Waals surface area contributed by atoms with Crippen molar-refractivity contribution in [2.75, 3.05) is 0 Å². The van der Waals surface area contributed by atoms with Crippen molar-refractivity contribution < 1.29 is 22.7 Å². The summed E-state index contributed by atoms with van der Waals surface area (Å²) in [6, 6.07) is 1.19. The van der Waals surface area contributed by atoms with Crippen LogP contribution in [-0.2, 0) is 11.3 Å². The molecule has 2 heterocycles. The summed E-state index contributed by atoms with van der Waals surface area (Å²) in [4.78, 5) is 11.1. The van der Waals surface area contributed by atoms with E-state index in [1.54, 1.807) is 4.57 Å². The van der Waals surface area contributed by atoms with Gasteiger partial charge in [0.15, 0.2) is 0 Å². The van der Waals surface area contributed by atoms with Crippen molar-refractivity contribution in [3.63, 3.8) is 0 Å². The summed E-state index contributed by atoms with van der Waals surface area (Å²) in [6.45, 7) is 4.44. The van der Waals surface area contributed by atoms with E-state index in [9.17, 15) is 18.0 Å². The summed E-state index contributed by atoms with van der Waals surface area (Å²) >= 11 is 0. The zero-order valence-electron chi connectivity index (χ0n) is 10.8. The molecule has 2 rings (SSSR count). The average molecular weight is 275 g/mol. The predicted octanol–water partition coefficient (Wildman–Crippen LogP) is 3.19. The number of hydrogen-bond donors (Lipinski definition) is 0. The molecule has 1 aromatic heterocycles. The second kappa shape index (κ2) is 4.67. The Morgan fingerprint density at radius 2 is 2.21 bits per heavy atom. The maximum absolute atomic E-state index is 12.3. The van der Waals surface area contributed by atoms with Gasteiger partial charge < -0.3 is 9.30 Å². The summed E-state index contributed by atoms with van der Waals surface area (Å²) in [5.41, 5.74) is -0.507. The fraction of sp³-hybridized carbons (Fsp3) is 0.615. The van der Waals surface area contributed by atoms with Gasteiger partial charge in [-0.05, 0) is 32.8 Å². The van der Waals surface area contributed by atoms with Crippen LogP contribution in [0.2, 0.25) is 0 Å². The zero-order valence-corrected chi connectivity index (χ0v) is 10.8. The Balaban J connectivity index is 2.01. The Morgan fingerprint density at radius 3 is 2.74 bits per heavy atom. The average Bonchev–Trinajstić information content (AvgIpc) is 2.83. The molecule has 1 unspecified atom stereocenters. The van der Waals surface area contributed by atoms with Crippen LogP contribution >= 0.6 is 0 Å². The highest BCUT2D eigenvalue weighted by Gasteiger charge is 2.39. The maximum Gasteiger partial charge on any atom is 0.454 e. The van der Waals surface area contributed by atoms with E-state index in [-0.39, 0.29) is 17.3 Å². The van der Waals surface area contributed by atoms with Crippen LogP contribution in [0.5, 0.6) is 0 Å². The van der Waals surface area contributed by atoms with Gasteiger partial charge in [-0.3, -0.25) is 4.79 Å². The number of hydrogen-bond acceptors (Lipinski definition) is 2. The van der Waals surface area contributed by atoms with E-state index in [4.69, 9.17) is 4.74 Å². The van der Waals surface area contributed by atoms with Gasteiger partial charge in [0.05, 0.1) is 11.7 Å². The molecule has 1 aliphatic rings. The monoisotopic (exact) mass is 275 g/mol. The molecule has 0 aliphatic carbocycles. The van der Waals surface area contributed by atoms with Crippen LogP contribution in [0.15, 0.2) is 18.5 Å². The number of halogens is 3. The Hall–Kier alpha value is -1.30. The first-order valence-electron chi connectivity index (χ1n) is 6.12. The molecule has 1 aromatic rings. The van der Waals surface area contributed by atoms with E-state index in [1.165, 1.54) is 18.5 Å². The van der Waals surface area contributed by atoms with Crippen molar-refractivity contribution in [3.8, 4) is 0 Å². The third-order valence-electron chi connectivity index (χ3n) is 3.24. The van der Waals surface area contributed by atoms with Gasteiger partial charge in [-0.1, -0.05) is 0 Å². The van der Waals surface area contributed by atoms with Gasteiger partial charge in [0.2, 0.25) is 0 Å². The Kier molecular flexibility index (Phi) is 3.47. The van der Waals surface area contributed by atoms with Crippen molar-refractivity contribution in [3.05, 3.63) is 24.0 Å². The molecular weight excluding hydrogens is 259 g/mol. The van der Waals surface area contributed by atoms with Crippen molar-refractivity contribution >= 4 is 5.78 Å². The van der Waals surface area contributed by atoms with Crippen LogP contribution in [-0.4, -0.2) is 28.2 Å². The van der Waals surface area contributed by atoms with E-state index in [2.05, 4.69) is 0 Å². The fourth-order valence-electron chi connectivity index (χ4n) is 2.29. The van der Waals surface area contributed by atoms with Crippen LogP contribution < -0.4 is 0 Å². The van der Waals surface area contributed by atoms with Crippen molar-refractivity contribution in [1.29, 1.82) is 0 Å². The number of alkyl halides is 3. The van der Waals surface area contributed by atoms with Gasteiger partial charge in [0.25, 0.3) is 5.78 Å². The smallest absolute Gasteiger partial charge is 0.370 e. The molecule has 0 radical (unpaired) electrons. The fourth-order valence-corrected chi connectivity index (χ4v) is 2.29. The summed E-state index contributed by atoms with van der Waals surface area (Å²) in [5.74, 6) is -1.81. The molecule has 0 N–H and O–H groups in total. The number of ether oxygens (including phenoxy) is 1. The van der Waals surface area contributed by atoms with E-state index in [0.717, 1.165) is 12.8 Å². The standard InChI is InChI=1S/C13H16F3NO2/c1-12(2)5-3-10(19-12)8-17-6-4-9(7-17)11(18)13(14,15)16/h4,6-7,10H,3,5,8H2,1-2H3. The van der Waals surface area contributed by atoms with Gasteiger partial charge in [-0.2, -0.15) is 13.2 Å². The molecule has 1 saturated heterocycles. The predicted molar refractivity (Wildman–Crippen MR) is 63.0 cm³/mol.